The summed E-state index contributed by atoms with van der Waals surface area (Å²) < 4.78 is 40.8. The second-order valence-electron chi connectivity index (χ2n) is 4.95. The van der Waals surface area contributed by atoms with Crippen LogP contribution in [0.1, 0.15) is 37.3 Å². The molecule has 0 amide bonds. The van der Waals surface area contributed by atoms with Crippen molar-refractivity contribution in [1.82, 2.24) is 14.1 Å². The topological polar surface area (TPSA) is 43.0 Å². The van der Waals surface area contributed by atoms with Crippen molar-refractivity contribution in [3.8, 4) is 0 Å². The molecule has 0 aliphatic carbocycles. The lowest BCUT2D eigenvalue weighted by atomic mass is 10.2. The van der Waals surface area contributed by atoms with E-state index in [1.807, 2.05) is 18.4 Å². The van der Waals surface area contributed by atoms with Crippen molar-refractivity contribution >= 4 is 0 Å². The lowest BCUT2D eigenvalue weighted by Crippen LogP contribution is -2.19. The summed E-state index contributed by atoms with van der Waals surface area (Å²) in [5.41, 5.74) is 0.733. The summed E-state index contributed by atoms with van der Waals surface area (Å²) >= 11 is 0. The molecule has 4 nitrogen and oxygen atoms in total. The Bertz CT molecular complexity index is 571. The zero-order chi connectivity index (χ0) is 14.9. The number of rotatable bonds is 4. The lowest BCUT2D eigenvalue weighted by Gasteiger charge is -2.13. The molecule has 2 aromatic heterocycles. The van der Waals surface area contributed by atoms with Crippen molar-refractivity contribution in [2.75, 3.05) is 0 Å². The number of aromatic nitrogens is 3. The van der Waals surface area contributed by atoms with E-state index in [9.17, 15) is 18.3 Å². The third kappa shape index (κ3) is 3.04. The van der Waals surface area contributed by atoms with E-state index >= 15 is 0 Å². The third-order valence-electron chi connectivity index (χ3n) is 3.05. The Morgan fingerprint density at radius 1 is 1.35 bits per heavy atom. The van der Waals surface area contributed by atoms with Crippen LogP contribution in [0.2, 0.25) is 0 Å². The Morgan fingerprint density at radius 3 is 2.65 bits per heavy atom. The summed E-state index contributed by atoms with van der Waals surface area (Å²) in [5.74, 6) is 0. The molecule has 2 aromatic rings. The zero-order valence-electron chi connectivity index (χ0n) is 11.2. The van der Waals surface area contributed by atoms with Crippen molar-refractivity contribution in [1.29, 1.82) is 0 Å². The van der Waals surface area contributed by atoms with Crippen LogP contribution in [0, 0.1) is 0 Å². The molecule has 2 rings (SSSR count). The molecule has 2 heterocycles. The smallest absolute Gasteiger partial charge is 0.379 e. The first-order valence-electron chi connectivity index (χ1n) is 6.20. The van der Waals surface area contributed by atoms with Gasteiger partial charge >= 0.3 is 6.18 Å². The Kier molecular flexibility index (Phi) is 3.89. The summed E-state index contributed by atoms with van der Waals surface area (Å²) in [6.07, 6.45) is -0.905. The Labute approximate surface area is 114 Å². The highest BCUT2D eigenvalue weighted by atomic mass is 19.4. The Morgan fingerprint density at radius 2 is 2.05 bits per heavy atom. The van der Waals surface area contributed by atoms with Gasteiger partial charge in [-0.25, -0.2) is 4.98 Å². The van der Waals surface area contributed by atoms with Gasteiger partial charge < -0.3 is 14.2 Å². The van der Waals surface area contributed by atoms with Crippen molar-refractivity contribution in [2.24, 2.45) is 0 Å². The normalized spacial score (nSPS) is 13.9. The minimum absolute atomic E-state index is 0.159. The predicted octanol–water partition coefficient (Wildman–Crippen LogP) is 2.91. The average Bonchev–Trinajstić information content (AvgIpc) is 2.96. The molecule has 0 bridgehead atoms. The first-order chi connectivity index (χ1) is 9.29. The van der Waals surface area contributed by atoms with Crippen LogP contribution in [0.5, 0.6) is 0 Å². The van der Waals surface area contributed by atoms with Crippen LogP contribution in [-0.4, -0.2) is 25.4 Å². The van der Waals surface area contributed by atoms with E-state index in [1.54, 1.807) is 17.1 Å². The summed E-state index contributed by atoms with van der Waals surface area (Å²) in [7, 11) is 0. The van der Waals surface area contributed by atoms with Gasteiger partial charge in [0.2, 0.25) is 0 Å². The highest BCUT2D eigenvalue weighted by Gasteiger charge is 2.39. The van der Waals surface area contributed by atoms with E-state index in [0.29, 0.717) is 6.54 Å². The van der Waals surface area contributed by atoms with Gasteiger partial charge in [-0.1, -0.05) is 0 Å². The molecule has 0 saturated heterocycles. The molecule has 0 aliphatic rings. The van der Waals surface area contributed by atoms with Gasteiger partial charge in [0.05, 0.1) is 18.6 Å². The number of aliphatic hydroxyl groups is 1. The molecule has 1 N–H and O–H groups in total. The summed E-state index contributed by atoms with van der Waals surface area (Å²) in [4.78, 5) is 4.04. The van der Waals surface area contributed by atoms with Crippen LogP contribution in [-0.2, 0) is 6.54 Å². The second kappa shape index (κ2) is 5.32. The van der Waals surface area contributed by atoms with E-state index < -0.39 is 12.3 Å². The fourth-order valence-corrected chi connectivity index (χ4v) is 2.01. The number of hydrogen-bond donors (Lipinski definition) is 1. The zero-order valence-corrected chi connectivity index (χ0v) is 11.2. The van der Waals surface area contributed by atoms with Crippen molar-refractivity contribution in [3.05, 3.63) is 42.2 Å². The molecular weight excluding hydrogens is 271 g/mol. The van der Waals surface area contributed by atoms with Crippen LogP contribution >= 0.6 is 0 Å². The maximum Gasteiger partial charge on any atom is 0.418 e. The summed E-state index contributed by atoms with van der Waals surface area (Å²) in [6, 6.07) is 1.50. The Balaban J connectivity index is 2.16. The van der Waals surface area contributed by atoms with Gasteiger partial charge in [0.25, 0.3) is 0 Å². The third-order valence-corrected chi connectivity index (χ3v) is 3.05. The molecule has 0 radical (unpaired) electrons. The average molecular weight is 287 g/mol. The first kappa shape index (κ1) is 14.6. The molecule has 110 valence electrons. The molecule has 0 saturated carbocycles. The van der Waals surface area contributed by atoms with Crippen LogP contribution in [0.3, 0.4) is 0 Å². The number of alkyl halides is 3. The molecule has 0 spiro atoms. The fourth-order valence-electron chi connectivity index (χ4n) is 2.01. The standard InChI is InChI=1S/C13H16F3N3O/c1-9(2)19-8-17-5-11(19)7-18-4-3-10(6-18)12(20)13(14,15)16/h3-6,8-9,12,20H,7H2,1-2H3. The largest absolute Gasteiger partial charge is 0.418 e. The molecule has 1 atom stereocenters. The first-order valence-corrected chi connectivity index (χ1v) is 6.20. The van der Waals surface area contributed by atoms with Crippen molar-refractivity contribution in [3.63, 3.8) is 0 Å². The van der Waals surface area contributed by atoms with Gasteiger partial charge in [0.1, 0.15) is 0 Å². The SMILES string of the molecule is CC(C)n1cncc1Cn1ccc(C(O)C(F)(F)F)c1. The van der Waals surface area contributed by atoms with Crippen LogP contribution in [0.25, 0.3) is 0 Å². The number of halogens is 3. The van der Waals surface area contributed by atoms with E-state index in [-0.39, 0.29) is 11.6 Å². The van der Waals surface area contributed by atoms with Gasteiger partial charge in [-0.2, -0.15) is 13.2 Å². The van der Waals surface area contributed by atoms with E-state index in [1.165, 1.54) is 18.5 Å². The van der Waals surface area contributed by atoms with Gasteiger partial charge in [-0.15, -0.1) is 0 Å². The molecule has 0 fully saturated rings. The molecular formula is C13H16F3N3O. The number of nitrogens with zero attached hydrogens (tertiary/aromatic N) is 3. The summed E-state index contributed by atoms with van der Waals surface area (Å²) in [6.45, 7) is 4.40. The predicted molar refractivity (Wildman–Crippen MR) is 67.2 cm³/mol. The molecule has 0 aromatic carbocycles. The van der Waals surface area contributed by atoms with E-state index in [0.717, 1.165) is 5.69 Å². The minimum Gasteiger partial charge on any atom is -0.379 e. The van der Waals surface area contributed by atoms with Crippen molar-refractivity contribution in [2.45, 2.75) is 38.7 Å². The highest BCUT2D eigenvalue weighted by Crippen LogP contribution is 2.32. The molecule has 7 heteroatoms. The molecule has 20 heavy (non-hydrogen) atoms. The lowest BCUT2D eigenvalue weighted by molar-refractivity contribution is -0.206. The minimum atomic E-state index is -4.65. The number of imidazole rings is 1. The van der Waals surface area contributed by atoms with Gasteiger partial charge in [0, 0.05) is 30.2 Å². The van der Waals surface area contributed by atoms with Crippen LogP contribution < -0.4 is 0 Å². The monoisotopic (exact) mass is 287 g/mol. The maximum absolute atomic E-state index is 12.4. The van der Waals surface area contributed by atoms with E-state index in [4.69, 9.17) is 0 Å². The number of aliphatic hydroxyl groups excluding tert-OH is 1. The fraction of sp³-hybridized carbons (Fsp3) is 0.462. The molecule has 0 aliphatic heterocycles. The van der Waals surface area contributed by atoms with Gasteiger partial charge in [-0.3, -0.25) is 0 Å². The second-order valence-corrected chi connectivity index (χ2v) is 4.95. The maximum atomic E-state index is 12.4. The summed E-state index contributed by atoms with van der Waals surface area (Å²) in [5, 5.41) is 9.18. The number of hydrogen-bond acceptors (Lipinski definition) is 2. The van der Waals surface area contributed by atoms with E-state index in [2.05, 4.69) is 4.98 Å². The Hall–Kier alpha value is -1.76. The van der Waals surface area contributed by atoms with Gasteiger partial charge in [0.15, 0.2) is 6.10 Å². The van der Waals surface area contributed by atoms with Crippen LogP contribution in [0.15, 0.2) is 31.0 Å². The van der Waals surface area contributed by atoms with Crippen molar-refractivity contribution < 1.29 is 18.3 Å². The quantitative estimate of drug-likeness (QED) is 0.939. The van der Waals surface area contributed by atoms with Crippen LogP contribution in [0.4, 0.5) is 13.2 Å². The molecule has 1 unspecified atom stereocenters. The van der Waals surface area contributed by atoms with Gasteiger partial charge in [-0.05, 0) is 19.9 Å². The highest BCUT2D eigenvalue weighted by molar-refractivity contribution is 5.16.